The lowest BCUT2D eigenvalue weighted by Gasteiger charge is -2.11. The molecule has 0 saturated heterocycles. The summed E-state index contributed by atoms with van der Waals surface area (Å²) in [6.07, 6.45) is 0.126. The summed E-state index contributed by atoms with van der Waals surface area (Å²) in [6.45, 7) is 0.649. The van der Waals surface area contributed by atoms with Crippen LogP contribution in [0.1, 0.15) is 27.3 Å². The number of nitro groups is 1. The summed E-state index contributed by atoms with van der Waals surface area (Å²) in [6, 6.07) is 18.7. The first-order chi connectivity index (χ1) is 20.2. The molecular formula is C30H24ClFN4O6. The van der Waals surface area contributed by atoms with Crippen molar-refractivity contribution < 1.29 is 28.7 Å². The highest BCUT2D eigenvalue weighted by atomic mass is 35.5. The average Bonchev–Trinajstić information content (AvgIpc) is 3.31. The summed E-state index contributed by atoms with van der Waals surface area (Å²) in [5, 5.41) is 21.8. The number of methoxy groups -OCH3 is 1. The van der Waals surface area contributed by atoms with E-state index in [-0.39, 0.29) is 35.2 Å². The molecule has 10 nitrogen and oxygen atoms in total. The predicted molar refractivity (Wildman–Crippen MR) is 153 cm³/mol. The Morgan fingerprint density at radius 1 is 1.07 bits per heavy atom. The van der Waals surface area contributed by atoms with Gasteiger partial charge in [-0.1, -0.05) is 35.9 Å². The van der Waals surface area contributed by atoms with Crippen LogP contribution in [0.4, 0.5) is 10.1 Å². The van der Waals surface area contributed by atoms with E-state index in [1.807, 2.05) is 4.57 Å². The molecule has 42 heavy (non-hydrogen) atoms. The van der Waals surface area contributed by atoms with E-state index in [1.54, 1.807) is 49.6 Å². The van der Waals surface area contributed by atoms with Gasteiger partial charge in [-0.3, -0.25) is 10.1 Å². The highest BCUT2D eigenvalue weighted by Crippen LogP contribution is 2.30. The summed E-state index contributed by atoms with van der Waals surface area (Å²) in [7, 11) is 1.55. The number of halogens is 2. The van der Waals surface area contributed by atoms with Gasteiger partial charge in [-0.15, -0.1) is 0 Å². The number of carboxylic acid groups (broad SMARTS) is 1. The minimum Gasteiger partial charge on any atom is -0.478 e. The quantitative estimate of drug-likeness (QED) is 0.140. The molecule has 0 aliphatic heterocycles. The Balaban J connectivity index is 1.44. The summed E-state index contributed by atoms with van der Waals surface area (Å²) >= 11 is 5.81. The van der Waals surface area contributed by atoms with E-state index in [4.69, 9.17) is 21.1 Å². The van der Waals surface area contributed by atoms with Crippen molar-refractivity contribution >= 4 is 34.3 Å². The van der Waals surface area contributed by atoms with Crippen molar-refractivity contribution in [1.29, 1.82) is 0 Å². The SMILES string of the molecule is COCCn1c(Cc2ccc(-c3cccc(OCc4ccc(Cl)cc4F)n3)cc2[N+](=O)[O-])nc2ccc(C(=O)O)cc21. The van der Waals surface area contributed by atoms with Crippen LogP contribution >= 0.6 is 11.6 Å². The third-order valence-electron chi connectivity index (χ3n) is 6.63. The molecule has 2 heterocycles. The molecule has 0 aliphatic rings. The number of rotatable bonds is 11. The van der Waals surface area contributed by atoms with Crippen LogP contribution in [0.15, 0.2) is 72.8 Å². The van der Waals surface area contributed by atoms with Crippen LogP contribution in [-0.4, -0.2) is 44.3 Å². The van der Waals surface area contributed by atoms with Gasteiger partial charge in [0, 0.05) is 53.9 Å². The molecule has 5 aromatic rings. The van der Waals surface area contributed by atoms with Gasteiger partial charge in [-0.05, 0) is 36.4 Å². The lowest BCUT2D eigenvalue weighted by molar-refractivity contribution is -0.385. The van der Waals surface area contributed by atoms with Crippen molar-refractivity contribution in [2.45, 2.75) is 19.6 Å². The van der Waals surface area contributed by atoms with Crippen molar-refractivity contribution in [3.05, 3.63) is 116 Å². The first-order valence-electron chi connectivity index (χ1n) is 12.8. The zero-order chi connectivity index (χ0) is 29.8. The second-order valence-electron chi connectivity index (χ2n) is 9.34. The van der Waals surface area contributed by atoms with Crippen LogP contribution in [0.25, 0.3) is 22.3 Å². The Kier molecular flexibility index (Phi) is 8.41. The number of fused-ring (bicyclic) bond motifs is 1. The van der Waals surface area contributed by atoms with E-state index in [0.717, 1.165) is 0 Å². The molecule has 1 N–H and O–H groups in total. The van der Waals surface area contributed by atoms with Crippen molar-refractivity contribution in [2.24, 2.45) is 0 Å². The van der Waals surface area contributed by atoms with Crippen LogP contribution in [0.3, 0.4) is 0 Å². The zero-order valence-corrected chi connectivity index (χ0v) is 23.0. The average molecular weight is 591 g/mol. The molecular weight excluding hydrogens is 567 g/mol. The number of carboxylic acids is 1. The highest BCUT2D eigenvalue weighted by Gasteiger charge is 2.20. The third-order valence-corrected chi connectivity index (χ3v) is 6.87. The third kappa shape index (κ3) is 6.22. The van der Waals surface area contributed by atoms with E-state index >= 15 is 0 Å². The first-order valence-corrected chi connectivity index (χ1v) is 13.1. The van der Waals surface area contributed by atoms with Crippen molar-refractivity contribution in [1.82, 2.24) is 14.5 Å². The van der Waals surface area contributed by atoms with Crippen LogP contribution in [0.5, 0.6) is 5.88 Å². The molecule has 5 rings (SSSR count). The molecule has 0 saturated carbocycles. The van der Waals surface area contributed by atoms with Crippen molar-refractivity contribution in [3.8, 4) is 17.1 Å². The molecule has 0 radical (unpaired) electrons. The Labute approximate surface area is 244 Å². The number of aromatic nitrogens is 3. The number of ether oxygens (including phenoxy) is 2. The molecule has 0 amide bonds. The van der Waals surface area contributed by atoms with Gasteiger partial charge in [-0.25, -0.2) is 19.2 Å². The Hall–Kier alpha value is -4.87. The summed E-state index contributed by atoms with van der Waals surface area (Å²) in [5.74, 6) is -0.808. The minimum absolute atomic E-state index is 0.0728. The number of carbonyl (C=O) groups is 1. The van der Waals surface area contributed by atoms with Gasteiger partial charge in [0.2, 0.25) is 5.88 Å². The molecule has 2 aromatic heterocycles. The molecule has 0 fully saturated rings. The fourth-order valence-electron chi connectivity index (χ4n) is 4.53. The first kappa shape index (κ1) is 28.7. The van der Waals surface area contributed by atoms with Gasteiger partial charge in [0.05, 0.1) is 33.8 Å². The predicted octanol–water partition coefficient (Wildman–Crippen LogP) is 6.31. The van der Waals surface area contributed by atoms with Gasteiger partial charge >= 0.3 is 5.97 Å². The molecule has 12 heteroatoms. The maximum atomic E-state index is 14.1. The second kappa shape index (κ2) is 12.3. The fraction of sp³-hybridized carbons (Fsp3) is 0.167. The molecule has 0 atom stereocenters. The Bertz CT molecular complexity index is 1810. The van der Waals surface area contributed by atoms with Crippen LogP contribution in [-0.2, 0) is 24.3 Å². The lowest BCUT2D eigenvalue weighted by atomic mass is 10.0. The fourth-order valence-corrected chi connectivity index (χ4v) is 4.69. The Morgan fingerprint density at radius 3 is 2.62 bits per heavy atom. The van der Waals surface area contributed by atoms with E-state index in [0.29, 0.717) is 52.4 Å². The molecule has 0 unspecified atom stereocenters. The summed E-state index contributed by atoms with van der Waals surface area (Å²) in [4.78, 5) is 32.3. The number of imidazole rings is 1. The molecule has 0 aliphatic carbocycles. The number of hydrogen-bond donors (Lipinski definition) is 1. The second-order valence-corrected chi connectivity index (χ2v) is 9.78. The Morgan fingerprint density at radius 2 is 1.88 bits per heavy atom. The number of nitrogens with zero attached hydrogens (tertiary/aromatic N) is 4. The number of aromatic carboxylic acids is 1. The van der Waals surface area contributed by atoms with Gasteiger partial charge in [-0.2, -0.15) is 0 Å². The van der Waals surface area contributed by atoms with Gasteiger partial charge in [0.25, 0.3) is 5.69 Å². The molecule has 214 valence electrons. The zero-order valence-electron chi connectivity index (χ0n) is 22.3. The molecule has 3 aromatic carbocycles. The van der Waals surface area contributed by atoms with Crippen molar-refractivity contribution in [2.75, 3.05) is 13.7 Å². The van der Waals surface area contributed by atoms with E-state index in [2.05, 4.69) is 9.97 Å². The van der Waals surface area contributed by atoms with Gasteiger partial charge in [0.15, 0.2) is 0 Å². The normalized spacial score (nSPS) is 11.1. The molecule has 0 spiro atoms. The van der Waals surface area contributed by atoms with Gasteiger partial charge in [0.1, 0.15) is 18.2 Å². The number of pyridine rings is 1. The number of benzene rings is 3. The van der Waals surface area contributed by atoms with Crippen LogP contribution < -0.4 is 4.74 Å². The number of nitro benzene ring substituents is 1. The largest absolute Gasteiger partial charge is 0.478 e. The van der Waals surface area contributed by atoms with Crippen molar-refractivity contribution in [3.63, 3.8) is 0 Å². The standard InChI is InChI=1S/C30H24ClFN4O6/c1-41-12-11-35-27-14-20(30(37)38)8-10-25(27)33-28(35)15-19-6-5-18(13-26(19)36(39)40)24-3-2-4-29(34-24)42-17-21-7-9-22(31)16-23(21)32/h2-10,13-14,16H,11-12,15,17H2,1H3,(H,37,38). The highest BCUT2D eigenvalue weighted by molar-refractivity contribution is 6.30. The van der Waals surface area contributed by atoms with E-state index in [1.165, 1.54) is 30.3 Å². The topological polar surface area (TPSA) is 130 Å². The molecule has 0 bridgehead atoms. The maximum Gasteiger partial charge on any atom is 0.335 e. The van der Waals surface area contributed by atoms with E-state index in [9.17, 15) is 24.4 Å². The smallest absolute Gasteiger partial charge is 0.335 e. The van der Waals surface area contributed by atoms with Crippen LogP contribution in [0.2, 0.25) is 5.02 Å². The lowest BCUT2D eigenvalue weighted by Crippen LogP contribution is -2.10. The van der Waals surface area contributed by atoms with Gasteiger partial charge < -0.3 is 19.1 Å². The number of hydrogen-bond acceptors (Lipinski definition) is 7. The maximum absolute atomic E-state index is 14.1. The van der Waals surface area contributed by atoms with Crippen LogP contribution in [0, 0.1) is 15.9 Å². The summed E-state index contributed by atoms with van der Waals surface area (Å²) in [5.41, 5.74) is 2.81. The summed E-state index contributed by atoms with van der Waals surface area (Å²) < 4.78 is 26.8. The van der Waals surface area contributed by atoms with E-state index < -0.39 is 16.7 Å². The minimum atomic E-state index is -1.07. The monoisotopic (exact) mass is 590 g/mol.